The molecular formula is C12H7F11O2S2. The fourth-order valence-electron chi connectivity index (χ4n) is 1.79. The van der Waals surface area contributed by atoms with Gasteiger partial charge >= 0.3 is 35.8 Å². The Labute approximate surface area is 153 Å². The highest BCUT2D eigenvalue weighted by atomic mass is 32.2. The topological polar surface area (TPSA) is 26.3 Å². The molecule has 0 amide bonds. The molecule has 0 spiro atoms. The van der Waals surface area contributed by atoms with E-state index in [0.717, 1.165) is 14.0 Å². The normalized spacial score (nSPS) is 22.7. The number of esters is 1. The molecule has 1 aliphatic rings. The SMILES string of the molecule is COC(=O)C1(C)C=C(C(F)(F)C(F)(F)C(F)(F)C(F)(F)C(F)(F)F)SC1=S. The smallest absolute Gasteiger partial charge is 0.460 e. The molecule has 0 fully saturated rings. The minimum absolute atomic E-state index is 0.0401. The van der Waals surface area contributed by atoms with Crippen LogP contribution in [0.5, 0.6) is 0 Å². The molecule has 1 unspecified atom stereocenters. The van der Waals surface area contributed by atoms with E-state index in [1.54, 1.807) is 0 Å². The number of methoxy groups -OCH3 is 1. The number of carbonyl (C=O) groups excluding carboxylic acids is 1. The minimum Gasteiger partial charge on any atom is -0.468 e. The number of hydrogen-bond donors (Lipinski definition) is 0. The van der Waals surface area contributed by atoms with Gasteiger partial charge in [0.25, 0.3) is 0 Å². The molecule has 2 nitrogen and oxygen atoms in total. The van der Waals surface area contributed by atoms with Crippen molar-refractivity contribution in [2.24, 2.45) is 5.41 Å². The summed E-state index contributed by atoms with van der Waals surface area (Å²) in [4.78, 5) is 9.44. The second-order valence-electron chi connectivity index (χ2n) is 5.39. The lowest BCUT2D eigenvalue weighted by atomic mass is 9.90. The molecular weight excluding hydrogens is 449 g/mol. The van der Waals surface area contributed by atoms with Crippen molar-refractivity contribution >= 4 is 34.1 Å². The Balaban J connectivity index is 3.52. The summed E-state index contributed by atoms with van der Waals surface area (Å²) < 4.78 is 147. The Morgan fingerprint density at radius 3 is 1.78 bits per heavy atom. The minimum atomic E-state index is -7.53. The monoisotopic (exact) mass is 456 g/mol. The van der Waals surface area contributed by atoms with Gasteiger partial charge in [-0.3, -0.25) is 4.79 Å². The van der Waals surface area contributed by atoms with E-state index < -0.39 is 62.1 Å². The van der Waals surface area contributed by atoms with Gasteiger partial charge in [0.2, 0.25) is 0 Å². The average molecular weight is 456 g/mol. The number of thiocarbonyl (C=S) groups is 1. The van der Waals surface area contributed by atoms with Crippen molar-refractivity contribution in [1.82, 2.24) is 0 Å². The summed E-state index contributed by atoms with van der Waals surface area (Å²) in [7, 11) is 0.747. The van der Waals surface area contributed by atoms with Crippen molar-refractivity contribution < 1.29 is 57.8 Å². The molecule has 1 atom stereocenters. The second-order valence-corrected chi connectivity index (χ2v) is 7.11. The van der Waals surface area contributed by atoms with Crippen molar-refractivity contribution in [3.8, 4) is 0 Å². The zero-order chi connectivity index (χ0) is 21.9. The molecule has 0 aliphatic carbocycles. The Morgan fingerprint density at radius 2 is 1.41 bits per heavy atom. The highest BCUT2D eigenvalue weighted by Crippen LogP contribution is 2.61. The lowest BCUT2D eigenvalue weighted by Crippen LogP contribution is -2.66. The van der Waals surface area contributed by atoms with Crippen molar-refractivity contribution in [3.05, 3.63) is 11.0 Å². The number of carbonyl (C=O) groups is 1. The highest BCUT2D eigenvalue weighted by Gasteiger charge is 2.87. The van der Waals surface area contributed by atoms with Crippen molar-refractivity contribution in [1.29, 1.82) is 0 Å². The van der Waals surface area contributed by atoms with Gasteiger partial charge in [0.05, 0.1) is 16.2 Å². The molecule has 15 heteroatoms. The van der Waals surface area contributed by atoms with Gasteiger partial charge in [-0.2, -0.15) is 48.3 Å². The molecule has 0 N–H and O–H groups in total. The van der Waals surface area contributed by atoms with Crippen LogP contribution in [-0.4, -0.2) is 47.1 Å². The first-order chi connectivity index (χ1) is 11.7. The average Bonchev–Trinajstić information content (AvgIpc) is 2.82. The predicted octanol–water partition coefficient (Wildman–Crippen LogP) is 5.23. The summed E-state index contributed by atoms with van der Waals surface area (Å²) in [5.74, 6) is -29.8. The van der Waals surface area contributed by atoms with Gasteiger partial charge in [-0.15, -0.1) is 0 Å². The number of alkyl halides is 11. The predicted molar refractivity (Wildman–Crippen MR) is 74.2 cm³/mol. The summed E-state index contributed by atoms with van der Waals surface area (Å²) in [5.41, 5.74) is -2.30. The third-order valence-corrected chi connectivity index (χ3v) is 5.38. The first kappa shape index (κ1) is 23.9. The zero-order valence-corrected chi connectivity index (χ0v) is 14.5. The van der Waals surface area contributed by atoms with Gasteiger partial charge < -0.3 is 4.74 Å². The van der Waals surface area contributed by atoms with Crippen molar-refractivity contribution in [2.45, 2.75) is 36.8 Å². The van der Waals surface area contributed by atoms with Crippen LogP contribution in [0.15, 0.2) is 11.0 Å². The van der Waals surface area contributed by atoms with Crippen LogP contribution in [0.2, 0.25) is 0 Å². The Kier molecular flexibility index (Phi) is 5.72. The van der Waals surface area contributed by atoms with Crippen LogP contribution < -0.4 is 0 Å². The maximum absolute atomic E-state index is 14.0. The molecule has 27 heavy (non-hydrogen) atoms. The van der Waals surface area contributed by atoms with Gasteiger partial charge in [-0.05, 0) is 13.0 Å². The van der Waals surface area contributed by atoms with E-state index in [4.69, 9.17) is 0 Å². The van der Waals surface area contributed by atoms with E-state index in [2.05, 4.69) is 17.0 Å². The third-order valence-electron chi connectivity index (χ3n) is 3.50. The number of rotatable bonds is 5. The van der Waals surface area contributed by atoms with E-state index in [9.17, 15) is 53.1 Å². The summed E-state index contributed by atoms with van der Waals surface area (Å²) in [5, 5.41) is 0. The van der Waals surface area contributed by atoms with Crippen LogP contribution in [0.4, 0.5) is 48.3 Å². The number of halogens is 11. The van der Waals surface area contributed by atoms with E-state index in [1.807, 2.05) is 0 Å². The van der Waals surface area contributed by atoms with E-state index in [-0.39, 0.29) is 6.08 Å². The van der Waals surface area contributed by atoms with Gasteiger partial charge in [0.15, 0.2) is 0 Å². The molecule has 0 saturated carbocycles. The van der Waals surface area contributed by atoms with Crippen molar-refractivity contribution in [3.63, 3.8) is 0 Å². The van der Waals surface area contributed by atoms with Crippen LogP contribution in [0, 0.1) is 5.41 Å². The number of ether oxygens (including phenoxy) is 1. The molecule has 0 aromatic heterocycles. The van der Waals surface area contributed by atoms with E-state index in [1.165, 1.54) is 0 Å². The fraction of sp³-hybridized carbons (Fsp3) is 0.667. The molecule has 156 valence electrons. The summed E-state index contributed by atoms with van der Waals surface area (Å²) in [6.07, 6.45) is -7.29. The Hall–Kier alpha value is -1.12. The van der Waals surface area contributed by atoms with Gasteiger partial charge in [-0.25, -0.2) is 0 Å². The van der Waals surface area contributed by atoms with E-state index in [0.29, 0.717) is 0 Å². The highest BCUT2D eigenvalue weighted by molar-refractivity contribution is 8.26. The lowest BCUT2D eigenvalue weighted by Gasteiger charge is -2.37. The van der Waals surface area contributed by atoms with Crippen LogP contribution in [0.25, 0.3) is 0 Å². The van der Waals surface area contributed by atoms with Crippen LogP contribution in [0.1, 0.15) is 6.92 Å². The Bertz CT molecular complexity index is 683. The molecule has 0 saturated heterocycles. The van der Waals surface area contributed by atoms with Crippen LogP contribution >= 0.6 is 24.0 Å². The number of thioether (sulfide) groups is 1. The largest absolute Gasteiger partial charge is 0.468 e. The molecule has 1 rings (SSSR count). The molecule has 0 aromatic carbocycles. The molecule has 0 radical (unpaired) electrons. The van der Waals surface area contributed by atoms with Gasteiger partial charge in [-0.1, -0.05) is 24.0 Å². The van der Waals surface area contributed by atoms with Gasteiger partial charge in [0.1, 0.15) is 5.41 Å². The fourth-order valence-corrected chi connectivity index (χ4v) is 3.31. The molecule has 1 heterocycles. The first-order valence-electron chi connectivity index (χ1n) is 6.34. The molecule has 0 bridgehead atoms. The third kappa shape index (κ3) is 3.19. The summed E-state index contributed by atoms with van der Waals surface area (Å²) in [6.45, 7) is 0.776. The second kappa shape index (κ2) is 6.46. The van der Waals surface area contributed by atoms with Gasteiger partial charge in [0, 0.05) is 0 Å². The number of allylic oxidation sites excluding steroid dienone is 1. The molecule has 0 aromatic rings. The lowest BCUT2D eigenvalue weighted by molar-refractivity contribution is -0.417. The van der Waals surface area contributed by atoms with Crippen LogP contribution in [-0.2, 0) is 9.53 Å². The molecule has 1 aliphatic heterocycles. The van der Waals surface area contributed by atoms with Crippen molar-refractivity contribution in [2.75, 3.05) is 7.11 Å². The maximum Gasteiger partial charge on any atom is 0.460 e. The van der Waals surface area contributed by atoms with Crippen LogP contribution in [0.3, 0.4) is 0 Å². The Morgan fingerprint density at radius 1 is 0.963 bits per heavy atom. The first-order valence-corrected chi connectivity index (χ1v) is 7.56. The summed E-state index contributed by atoms with van der Waals surface area (Å²) >= 11 is 3.99. The maximum atomic E-state index is 14.0. The quantitative estimate of drug-likeness (QED) is 0.322. The number of hydrogen-bond acceptors (Lipinski definition) is 4. The zero-order valence-electron chi connectivity index (χ0n) is 12.9. The van der Waals surface area contributed by atoms with E-state index >= 15 is 0 Å². The summed E-state index contributed by atoms with van der Waals surface area (Å²) in [6, 6.07) is 0. The standard InChI is InChI=1S/C12H7F11O2S2/c1-7(5(24)25-2)3-4(27-6(7)26)8(13,14)9(15,16)10(17,18)11(19,20)12(21,22)23/h3H,1-2H3.